The van der Waals surface area contributed by atoms with Crippen molar-refractivity contribution in [3.8, 4) is 0 Å². The van der Waals surface area contributed by atoms with Crippen LogP contribution in [0.4, 0.5) is 0 Å². The zero-order valence-corrected chi connectivity index (χ0v) is 15.0. The molecule has 25 heavy (non-hydrogen) atoms. The molecular formula is C15H34CaN2O7. The van der Waals surface area contributed by atoms with Crippen molar-refractivity contribution in [2.24, 2.45) is 23.3 Å². The number of aliphatic hydroxyl groups excluding tert-OH is 1. The van der Waals surface area contributed by atoms with Crippen LogP contribution in [-0.2, 0) is 14.4 Å². The van der Waals surface area contributed by atoms with Crippen LogP contribution in [0.1, 0.15) is 47.5 Å². The molecule has 3 atom stereocenters. The second kappa shape index (κ2) is 18.3. The molecule has 0 bridgehead atoms. The summed E-state index contributed by atoms with van der Waals surface area (Å²) in [7, 11) is 0. The Morgan fingerprint density at radius 3 is 0.960 bits per heavy atom. The molecule has 0 aliphatic carbocycles. The van der Waals surface area contributed by atoms with E-state index in [1.807, 2.05) is 27.7 Å². The summed E-state index contributed by atoms with van der Waals surface area (Å²) in [5.74, 6) is -2.30. The number of carboxylic acids is 3. The van der Waals surface area contributed by atoms with E-state index in [0.717, 1.165) is 0 Å². The summed E-state index contributed by atoms with van der Waals surface area (Å²) in [5, 5.41) is 32.4. The van der Waals surface area contributed by atoms with E-state index in [4.69, 9.17) is 31.9 Å². The van der Waals surface area contributed by atoms with E-state index >= 15 is 0 Å². The third-order valence-corrected chi connectivity index (χ3v) is 2.44. The van der Waals surface area contributed by atoms with Gasteiger partial charge in [0.1, 0.15) is 18.2 Å². The third kappa shape index (κ3) is 28.6. The van der Waals surface area contributed by atoms with Crippen LogP contribution in [0.2, 0.25) is 0 Å². The Hall–Kier alpha value is -0.450. The summed E-state index contributed by atoms with van der Waals surface area (Å²) in [5.41, 5.74) is 10.4. The van der Waals surface area contributed by atoms with E-state index in [2.05, 4.69) is 0 Å². The molecule has 0 fully saturated rings. The van der Waals surface area contributed by atoms with Crippen LogP contribution in [0, 0.1) is 11.8 Å². The third-order valence-electron chi connectivity index (χ3n) is 2.44. The fourth-order valence-corrected chi connectivity index (χ4v) is 1.22. The molecular weight excluding hydrogens is 360 g/mol. The number of aliphatic carboxylic acids is 3. The first kappa shape index (κ1) is 32.2. The van der Waals surface area contributed by atoms with Crippen LogP contribution in [0.25, 0.3) is 0 Å². The molecule has 0 aromatic rings. The molecule has 0 aliphatic rings. The predicted molar refractivity (Wildman–Crippen MR) is 98.0 cm³/mol. The summed E-state index contributed by atoms with van der Waals surface area (Å²) in [6, 6.07) is -1.38. The number of hydrogen-bond acceptors (Lipinski definition) is 6. The van der Waals surface area contributed by atoms with Gasteiger partial charge in [-0.3, -0.25) is 9.59 Å². The van der Waals surface area contributed by atoms with Crippen LogP contribution >= 0.6 is 0 Å². The molecule has 10 heteroatoms. The van der Waals surface area contributed by atoms with Crippen LogP contribution < -0.4 is 11.5 Å². The van der Waals surface area contributed by atoms with Crippen molar-refractivity contribution in [1.29, 1.82) is 0 Å². The molecule has 0 aliphatic heterocycles. The SMILES string of the molecule is CC(C)C[C@H](N)C(=O)O.CC(C)C[C@H](N)C(=O)O.CC(O)C(=O)O.[CaH2]. The molecule has 0 aromatic carbocycles. The number of hydrogen-bond donors (Lipinski definition) is 6. The van der Waals surface area contributed by atoms with E-state index in [9.17, 15) is 14.4 Å². The molecule has 0 heterocycles. The molecule has 0 rings (SSSR count). The van der Waals surface area contributed by atoms with Gasteiger partial charge in [0.2, 0.25) is 0 Å². The second-order valence-electron chi connectivity index (χ2n) is 6.16. The van der Waals surface area contributed by atoms with Gasteiger partial charge in [-0.1, -0.05) is 27.7 Å². The van der Waals surface area contributed by atoms with Crippen LogP contribution in [0.15, 0.2) is 0 Å². The van der Waals surface area contributed by atoms with E-state index < -0.39 is 36.1 Å². The van der Waals surface area contributed by atoms with E-state index in [1.54, 1.807) is 0 Å². The van der Waals surface area contributed by atoms with Gasteiger partial charge in [0.25, 0.3) is 0 Å². The Morgan fingerprint density at radius 1 is 0.720 bits per heavy atom. The topological polar surface area (TPSA) is 184 Å². The van der Waals surface area contributed by atoms with Crippen molar-refractivity contribution in [2.45, 2.75) is 65.6 Å². The standard InChI is InChI=1S/2C6H13NO2.C3H6O3.Ca.2H/c2*1-4(2)3-5(7)6(8)9;1-2(4)3(5)6;;;/h2*4-5H,3,7H2,1-2H3,(H,8,9);2,4H,1H3,(H,5,6);;;/t2*5-;;;;/m00..../s1. The maximum atomic E-state index is 10.1. The monoisotopic (exact) mass is 394 g/mol. The summed E-state index contributed by atoms with van der Waals surface area (Å²) >= 11 is 0. The Bertz CT molecular complexity index is 351. The first-order valence-electron chi connectivity index (χ1n) is 7.59. The average Bonchev–Trinajstić information content (AvgIpc) is 2.38. The van der Waals surface area contributed by atoms with E-state index in [1.165, 1.54) is 6.92 Å². The molecule has 0 radical (unpaired) electrons. The van der Waals surface area contributed by atoms with Gasteiger partial charge in [-0.05, 0) is 31.6 Å². The predicted octanol–water partition coefficient (Wildman–Crippen LogP) is -0.576. The Kier molecular flexibility index (Phi) is 23.7. The van der Waals surface area contributed by atoms with Crippen LogP contribution in [0.3, 0.4) is 0 Å². The van der Waals surface area contributed by atoms with Crippen molar-refractivity contribution >= 4 is 55.6 Å². The minimum atomic E-state index is -1.23. The molecule has 0 spiro atoms. The van der Waals surface area contributed by atoms with Gasteiger partial charge >= 0.3 is 55.6 Å². The summed E-state index contributed by atoms with van der Waals surface area (Å²) in [6.45, 7) is 8.99. The fraction of sp³-hybridized carbons (Fsp3) is 0.800. The zero-order valence-electron chi connectivity index (χ0n) is 15.0. The Balaban J connectivity index is -0.000000133. The van der Waals surface area contributed by atoms with E-state index in [0.29, 0.717) is 24.7 Å². The summed E-state index contributed by atoms with van der Waals surface area (Å²) in [4.78, 5) is 29.7. The van der Waals surface area contributed by atoms with E-state index in [-0.39, 0.29) is 37.7 Å². The molecule has 8 N–H and O–H groups in total. The Morgan fingerprint density at radius 2 is 0.920 bits per heavy atom. The van der Waals surface area contributed by atoms with Crippen molar-refractivity contribution in [1.82, 2.24) is 0 Å². The van der Waals surface area contributed by atoms with Crippen molar-refractivity contribution < 1.29 is 34.8 Å². The normalized spacial score (nSPS) is 13.2. The first-order valence-corrected chi connectivity index (χ1v) is 7.59. The molecule has 0 amide bonds. The van der Waals surface area contributed by atoms with Crippen LogP contribution in [-0.4, -0.2) is 94.3 Å². The number of rotatable bonds is 7. The fourth-order valence-electron chi connectivity index (χ4n) is 1.22. The quantitative estimate of drug-likeness (QED) is 0.307. The zero-order chi connectivity index (χ0) is 20.0. The molecule has 0 saturated heterocycles. The molecule has 9 nitrogen and oxygen atoms in total. The summed E-state index contributed by atoms with van der Waals surface area (Å²) in [6.07, 6.45) is -0.130. The van der Waals surface area contributed by atoms with Gasteiger partial charge in [-0.2, -0.15) is 0 Å². The second-order valence-corrected chi connectivity index (χ2v) is 6.16. The Labute approximate surface area is 178 Å². The van der Waals surface area contributed by atoms with Gasteiger partial charge in [0.15, 0.2) is 0 Å². The molecule has 148 valence electrons. The van der Waals surface area contributed by atoms with Gasteiger partial charge in [0.05, 0.1) is 0 Å². The van der Waals surface area contributed by atoms with Crippen LogP contribution in [0.5, 0.6) is 0 Å². The van der Waals surface area contributed by atoms with Gasteiger partial charge in [-0.25, -0.2) is 4.79 Å². The number of nitrogens with two attached hydrogens (primary N) is 2. The molecule has 0 aromatic heterocycles. The average molecular weight is 395 g/mol. The number of carbonyl (C=O) groups is 3. The first-order chi connectivity index (χ1) is 10.7. The van der Waals surface area contributed by atoms with Crippen molar-refractivity contribution in [3.05, 3.63) is 0 Å². The molecule has 0 saturated carbocycles. The molecule has 1 unspecified atom stereocenters. The summed E-state index contributed by atoms with van der Waals surface area (Å²) < 4.78 is 0. The number of carboxylic acid groups (broad SMARTS) is 3. The van der Waals surface area contributed by atoms with Gasteiger partial charge in [0, 0.05) is 0 Å². The van der Waals surface area contributed by atoms with Gasteiger partial charge in [-0.15, -0.1) is 0 Å². The number of aliphatic hydroxyl groups is 1. The van der Waals surface area contributed by atoms with Crippen molar-refractivity contribution in [3.63, 3.8) is 0 Å². The maximum absolute atomic E-state index is 10.1. The minimum absolute atomic E-state index is 0. The van der Waals surface area contributed by atoms with Gasteiger partial charge < -0.3 is 31.9 Å². The van der Waals surface area contributed by atoms with Crippen molar-refractivity contribution in [2.75, 3.05) is 0 Å².